The van der Waals surface area contributed by atoms with Gasteiger partial charge in [0.2, 0.25) is 0 Å². The van der Waals surface area contributed by atoms with Crippen LogP contribution < -0.4 is 4.90 Å². The lowest BCUT2D eigenvalue weighted by Crippen LogP contribution is -2.19. The first-order valence-corrected chi connectivity index (χ1v) is 8.42. The Kier molecular flexibility index (Phi) is 4.01. The molecule has 25 heavy (non-hydrogen) atoms. The molecule has 1 fully saturated rings. The summed E-state index contributed by atoms with van der Waals surface area (Å²) in [5.41, 5.74) is 3.98. The van der Waals surface area contributed by atoms with Crippen LogP contribution in [0, 0.1) is 6.92 Å². The highest BCUT2D eigenvalue weighted by Crippen LogP contribution is 2.32. The monoisotopic (exact) mass is 333 g/mol. The molecule has 2 aromatic heterocycles. The maximum Gasteiger partial charge on any atom is 0.151 e. The van der Waals surface area contributed by atoms with E-state index in [0.29, 0.717) is 11.3 Å². The van der Waals surface area contributed by atoms with Crippen molar-refractivity contribution < 1.29 is 5.11 Å². The van der Waals surface area contributed by atoms with Gasteiger partial charge in [-0.1, -0.05) is 6.07 Å². The van der Waals surface area contributed by atoms with E-state index in [1.807, 2.05) is 37.3 Å². The molecule has 126 valence electrons. The van der Waals surface area contributed by atoms with Crippen LogP contribution in [0.1, 0.15) is 18.5 Å². The molecule has 0 spiro atoms. The number of rotatable bonds is 3. The molecule has 0 amide bonds. The SMILES string of the molecule is Cc1cc(-c2ccc(-c3ccc(N4CCCC4)nn3)c(O)c2)cnn1. The first kappa shape index (κ1) is 15.5. The van der Waals surface area contributed by atoms with Gasteiger partial charge in [-0.3, -0.25) is 0 Å². The first-order valence-electron chi connectivity index (χ1n) is 8.42. The fourth-order valence-electron chi connectivity index (χ4n) is 3.14. The highest BCUT2D eigenvalue weighted by Gasteiger charge is 2.15. The number of anilines is 1. The number of aromatic hydroxyl groups is 1. The van der Waals surface area contributed by atoms with E-state index < -0.39 is 0 Å². The van der Waals surface area contributed by atoms with Crippen LogP contribution in [0.5, 0.6) is 5.75 Å². The van der Waals surface area contributed by atoms with Crippen molar-refractivity contribution in [1.29, 1.82) is 0 Å². The minimum absolute atomic E-state index is 0.176. The van der Waals surface area contributed by atoms with Gasteiger partial charge in [-0.05, 0) is 55.7 Å². The van der Waals surface area contributed by atoms with Crippen molar-refractivity contribution >= 4 is 5.82 Å². The van der Waals surface area contributed by atoms with E-state index in [2.05, 4.69) is 25.3 Å². The Morgan fingerprint density at radius 1 is 0.920 bits per heavy atom. The van der Waals surface area contributed by atoms with Crippen molar-refractivity contribution in [2.75, 3.05) is 18.0 Å². The summed E-state index contributed by atoms with van der Waals surface area (Å²) < 4.78 is 0. The maximum atomic E-state index is 10.4. The standard InChI is InChI=1S/C19H19N5O/c1-13-10-15(12-20-21-13)14-4-5-16(18(25)11-14)17-6-7-19(23-22-17)24-8-2-3-9-24/h4-7,10-12,25H,2-3,8-9H2,1H3. The first-order chi connectivity index (χ1) is 12.2. The topological polar surface area (TPSA) is 75.0 Å². The molecule has 6 nitrogen and oxygen atoms in total. The third kappa shape index (κ3) is 3.15. The van der Waals surface area contributed by atoms with Crippen molar-refractivity contribution in [3.05, 3.63) is 48.3 Å². The Morgan fingerprint density at radius 3 is 2.44 bits per heavy atom. The van der Waals surface area contributed by atoms with Crippen LogP contribution in [0.3, 0.4) is 0 Å². The van der Waals surface area contributed by atoms with E-state index in [-0.39, 0.29) is 5.75 Å². The second kappa shape index (κ2) is 6.47. The average molecular weight is 333 g/mol. The van der Waals surface area contributed by atoms with Gasteiger partial charge in [-0.25, -0.2) is 0 Å². The predicted molar refractivity (Wildman–Crippen MR) is 96.3 cm³/mol. The van der Waals surface area contributed by atoms with Gasteiger partial charge in [0.25, 0.3) is 0 Å². The quantitative estimate of drug-likeness (QED) is 0.793. The summed E-state index contributed by atoms with van der Waals surface area (Å²) in [6.45, 7) is 3.96. The lowest BCUT2D eigenvalue weighted by atomic mass is 10.0. The minimum atomic E-state index is 0.176. The van der Waals surface area contributed by atoms with Crippen molar-refractivity contribution in [2.24, 2.45) is 0 Å². The number of hydrogen-bond acceptors (Lipinski definition) is 6. The average Bonchev–Trinajstić information content (AvgIpc) is 3.16. The Balaban J connectivity index is 1.62. The molecule has 0 unspecified atom stereocenters. The molecule has 1 N–H and O–H groups in total. The van der Waals surface area contributed by atoms with E-state index in [0.717, 1.165) is 35.7 Å². The molecule has 1 aliphatic heterocycles. The third-order valence-electron chi connectivity index (χ3n) is 4.46. The van der Waals surface area contributed by atoms with E-state index in [1.165, 1.54) is 12.8 Å². The number of hydrogen-bond donors (Lipinski definition) is 1. The number of nitrogens with zero attached hydrogens (tertiary/aromatic N) is 5. The van der Waals surface area contributed by atoms with Crippen molar-refractivity contribution in [3.8, 4) is 28.1 Å². The normalized spacial score (nSPS) is 14.0. The van der Waals surface area contributed by atoms with Crippen LogP contribution in [0.4, 0.5) is 5.82 Å². The van der Waals surface area contributed by atoms with Gasteiger partial charge in [0, 0.05) is 24.2 Å². The maximum absolute atomic E-state index is 10.4. The second-order valence-electron chi connectivity index (χ2n) is 6.29. The number of benzene rings is 1. The largest absolute Gasteiger partial charge is 0.507 e. The molecule has 0 bridgehead atoms. The molecular weight excluding hydrogens is 314 g/mol. The van der Waals surface area contributed by atoms with Crippen LogP contribution in [-0.4, -0.2) is 38.6 Å². The minimum Gasteiger partial charge on any atom is -0.507 e. The fraction of sp³-hybridized carbons (Fsp3) is 0.263. The highest BCUT2D eigenvalue weighted by atomic mass is 16.3. The molecule has 0 radical (unpaired) electrons. The molecule has 4 rings (SSSR count). The molecule has 0 saturated carbocycles. The number of aryl methyl sites for hydroxylation is 1. The number of phenols is 1. The summed E-state index contributed by atoms with van der Waals surface area (Å²) in [5, 5.41) is 27.0. The van der Waals surface area contributed by atoms with Crippen LogP contribution in [0.2, 0.25) is 0 Å². The summed E-state index contributed by atoms with van der Waals surface area (Å²) in [5.74, 6) is 1.07. The summed E-state index contributed by atoms with van der Waals surface area (Å²) in [4.78, 5) is 2.23. The molecular formula is C19H19N5O. The van der Waals surface area contributed by atoms with Crippen molar-refractivity contribution in [1.82, 2.24) is 20.4 Å². The summed E-state index contributed by atoms with van der Waals surface area (Å²) >= 11 is 0. The molecule has 1 aliphatic rings. The van der Waals surface area contributed by atoms with Gasteiger partial charge < -0.3 is 10.0 Å². The zero-order valence-electron chi connectivity index (χ0n) is 14.1. The number of phenolic OH excluding ortho intramolecular Hbond substituents is 1. The molecule has 3 aromatic rings. The Hall–Kier alpha value is -3.02. The lowest BCUT2D eigenvalue weighted by molar-refractivity contribution is 0.477. The Morgan fingerprint density at radius 2 is 1.76 bits per heavy atom. The van der Waals surface area contributed by atoms with Crippen molar-refractivity contribution in [3.63, 3.8) is 0 Å². The van der Waals surface area contributed by atoms with E-state index >= 15 is 0 Å². The molecule has 1 aromatic carbocycles. The summed E-state index contributed by atoms with van der Waals surface area (Å²) in [6.07, 6.45) is 4.09. The van der Waals surface area contributed by atoms with Gasteiger partial charge in [-0.2, -0.15) is 10.2 Å². The van der Waals surface area contributed by atoms with E-state index in [4.69, 9.17) is 0 Å². The number of aromatic nitrogens is 4. The van der Waals surface area contributed by atoms with Crippen LogP contribution in [-0.2, 0) is 0 Å². The molecule has 6 heteroatoms. The smallest absolute Gasteiger partial charge is 0.151 e. The van der Waals surface area contributed by atoms with E-state index in [9.17, 15) is 5.11 Å². The predicted octanol–water partition coefficient (Wildman–Crippen LogP) is 3.21. The van der Waals surface area contributed by atoms with Crippen molar-refractivity contribution in [2.45, 2.75) is 19.8 Å². The molecule has 0 aliphatic carbocycles. The summed E-state index contributed by atoms with van der Waals surface area (Å²) in [7, 11) is 0. The second-order valence-corrected chi connectivity index (χ2v) is 6.29. The molecule has 3 heterocycles. The Bertz CT molecular complexity index is 889. The van der Waals surface area contributed by atoms with Gasteiger partial charge in [0.1, 0.15) is 5.75 Å². The lowest BCUT2D eigenvalue weighted by Gasteiger charge is -2.15. The zero-order chi connectivity index (χ0) is 17.2. The van der Waals surface area contributed by atoms with Crippen LogP contribution in [0.15, 0.2) is 42.6 Å². The van der Waals surface area contributed by atoms with Gasteiger partial charge in [0.15, 0.2) is 5.82 Å². The fourth-order valence-corrected chi connectivity index (χ4v) is 3.14. The van der Waals surface area contributed by atoms with Crippen LogP contribution >= 0.6 is 0 Å². The Labute approximate surface area is 146 Å². The summed E-state index contributed by atoms with van der Waals surface area (Å²) in [6, 6.07) is 11.3. The third-order valence-corrected chi connectivity index (χ3v) is 4.46. The van der Waals surface area contributed by atoms with Gasteiger partial charge in [0.05, 0.1) is 17.6 Å². The van der Waals surface area contributed by atoms with Gasteiger partial charge in [-0.15, -0.1) is 10.2 Å². The zero-order valence-corrected chi connectivity index (χ0v) is 14.1. The molecule has 1 saturated heterocycles. The molecule has 0 atom stereocenters. The van der Waals surface area contributed by atoms with Crippen LogP contribution in [0.25, 0.3) is 22.4 Å². The highest BCUT2D eigenvalue weighted by molar-refractivity contribution is 5.74. The van der Waals surface area contributed by atoms with E-state index in [1.54, 1.807) is 12.3 Å². The van der Waals surface area contributed by atoms with Gasteiger partial charge >= 0.3 is 0 Å².